The van der Waals surface area contributed by atoms with Crippen molar-refractivity contribution in [2.24, 2.45) is 0 Å². The predicted molar refractivity (Wildman–Crippen MR) is 85.1 cm³/mol. The van der Waals surface area contributed by atoms with Gasteiger partial charge in [-0.2, -0.15) is 5.26 Å². The van der Waals surface area contributed by atoms with Crippen LogP contribution in [0.25, 0.3) is 6.08 Å². The van der Waals surface area contributed by atoms with Crippen LogP contribution in [0.15, 0.2) is 58.3 Å². The maximum Gasteiger partial charge on any atom is 0.276 e. The number of para-hydroxylation sites is 1. The van der Waals surface area contributed by atoms with E-state index in [1.165, 1.54) is 36.4 Å². The molecule has 0 bridgehead atoms. The first-order chi connectivity index (χ1) is 10.9. The molecular weight excluding hydrogens is 316 g/mol. The Morgan fingerprint density at radius 2 is 1.78 bits per heavy atom. The van der Waals surface area contributed by atoms with Crippen LogP contribution in [0.1, 0.15) is 11.1 Å². The summed E-state index contributed by atoms with van der Waals surface area (Å²) in [6.45, 7) is 1.81. The third-order valence-corrected chi connectivity index (χ3v) is 4.83. The monoisotopic (exact) mass is 328 g/mol. The van der Waals surface area contributed by atoms with Gasteiger partial charge in [0.2, 0.25) is 9.84 Å². The molecule has 0 radical (unpaired) electrons. The van der Waals surface area contributed by atoms with E-state index in [1.54, 1.807) is 18.2 Å². The standard InChI is InChI=1S/C16H12N2O4S/c1-12-6-8-14(9-7-12)23(21,22)15(11-17)10-13-4-2-3-5-16(13)18(19)20/h2-10H,1H3/b15-10-. The van der Waals surface area contributed by atoms with E-state index in [2.05, 4.69) is 0 Å². The molecule has 2 aromatic carbocycles. The number of nitriles is 1. The fourth-order valence-corrected chi connectivity index (χ4v) is 3.08. The second-order valence-corrected chi connectivity index (χ2v) is 6.67. The van der Waals surface area contributed by atoms with Crippen molar-refractivity contribution < 1.29 is 13.3 Å². The molecule has 0 amide bonds. The number of hydrogen-bond acceptors (Lipinski definition) is 5. The van der Waals surface area contributed by atoms with Crippen LogP contribution in [0.5, 0.6) is 0 Å². The van der Waals surface area contributed by atoms with Crippen molar-refractivity contribution >= 4 is 21.6 Å². The summed E-state index contributed by atoms with van der Waals surface area (Å²) in [5, 5.41) is 20.2. The zero-order valence-corrected chi connectivity index (χ0v) is 12.9. The molecule has 0 aromatic heterocycles. The first kappa shape index (κ1) is 16.4. The Labute approximate surface area is 133 Å². The van der Waals surface area contributed by atoms with Crippen LogP contribution in [0.2, 0.25) is 0 Å². The van der Waals surface area contributed by atoms with E-state index in [1.807, 2.05) is 6.92 Å². The highest BCUT2D eigenvalue weighted by Gasteiger charge is 2.22. The summed E-state index contributed by atoms with van der Waals surface area (Å²) in [7, 11) is -4.03. The average molecular weight is 328 g/mol. The van der Waals surface area contributed by atoms with E-state index < -0.39 is 19.7 Å². The molecule has 0 N–H and O–H groups in total. The van der Waals surface area contributed by atoms with Crippen LogP contribution in [-0.4, -0.2) is 13.3 Å². The van der Waals surface area contributed by atoms with E-state index in [0.717, 1.165) is 11.6 Å². The third-order valence-electron chi connectivity index (χ3n) is 3.15. The lowest BCUT2D eigenvalue weighted by Gasteiger charge is -2.04. The Morgan fingerprint density at radius 1 is 1.17 bits per heavy atom. The minimum absolute atomic E-state index is 0.0329. The Morgan fingerprint density at radius 3 is 2.35 bits per heavy atom. The minimum atomic E-state index is -4.03. The molecule has 0 heterocycles. The van der Waals surface area contributed by atoms with Gasteiger partial charge in [0.15, 0.2) is 0 Å². The molecule has 0 unspecified atom stereocenters. The molecule has 0 saturated heterocycles. The molecule has 0 aliphatic carbocycles. The van der Waals surface area contributed by atoms with E-state index in [4.69, 9.17) is 0 Å². The van der Waals surface area contributed by atoms with Gasteiger partial charge in [-0.1, -0.05) is 29.8 Å². The van der Waals surface area contributed by atoms with Crippen LogP contribution in [0.4, 0.5) is 5.69 Å². The molecule has 0 aliphatic rings. The number of rotatable bonds is 4. The van der Waals surface area contributed by atoms with Gasteiger partial charge >= 0.3 is 0 Å². The van der Waals surface area contributed by atoms with Gasteiger partial charge in [-0.05, 0) is 31.2 Å². The summed E-state index contributed by atoms with van der Waals surface area (Å²) in [5.41, 5.74) is 0.675. The highest BCUT2D eigenvalue weighted by atomic mass is 32.2. The lowest BCUT2D eigenvalue weighted by Crippen LogP contribution is -2.04. The zero-order valence-electron chi connectivity index (χ0n) is 12.1. The lowest BCUT2D eigenvalue weighted by molar-refractivity contribution is -0.385. The lowest BCUT2D eigenvalue weighted by atomic mass is 10.1. The molecule has 2 rings (SSSR count). The Bertz CT molecular complexity index is 923. The maximum absolute atomic E-state index is 12.5. The Hall–Kier alpha value is -2.98. The van der Waals surface area contributed by atoms with Gasteiger partial charge in [0, 0.05) is 6.07 Å². The number of hydrogen-bond donors (Lipinski definition) is 0. The molecule has 0 aliphatic heterocycles. The number of allylic oxidation sites excluding steroid dienone is 1. The van der Waals surface area contributed by atoms with Gasteiger partial charge < -0.3 is 0 Å². The second-order valence-electron chi connectivity index (χ2n) is 4.75. The van der Waals surface area contributed by atoms with Gasteiger partial charge in [-0.25, -0.2) is 8.42 Å². The Kier molecular flexibility index (Phi) is 4.57. The Balaban J connectivity index is 2.58. The summed E-state index contributed by atoms with van der Waals surface area (Å²) < 4.78 is 25.0. The van der Waals surface area contributed by atoms with Crippen LogP contribution >= 0.6 is 0 Å². The first-order valence-corrected chi connectivity index (χ1v) is 8.01. The molecule has 6 nitrogen and oxygen atoms in total. The smallest absolute Gasteiger partial charge is 0.258 e. The minimum Gasteiger partial charge on any atom is -0.258 e. The molecule has 0 saturated carbocycles. The molecule has 116 valence electrons. The predicted octanol–water partition coefficient (Wildman–Crippen LogP) is 3.24. The average Bonchev–Trinajstić information content (AvgIpc) is 2.53. The topological polar surface area (TPSA) is 101 Å². The van der Waals surface area contributed by atoms with Gasteiger partial charge in [-0.3, -0.25) is 10.1 Å². The quantitative estimate of drug-likeness (QED) is 0.487. The maximum atomic E-state index is 12.5. The fourth-order valence-electron chi connectivity index (χ4n) is 1.93. The molecule has 0 atom stereocenters. The van der Waals surface area contributed by atoms with E-state index >= 15 is 0 Å². The van der Waals surface area contributed by atoms with Gasteiger partial charge in [0.25, 0.3) is 5.69 Å². The third kappa shape index (κ3) is 3.44. The SMILES string of the molecule is Cc1ccc(S(=O)(=O)/C(C#N)=C\c2ccccc2[N+](=O)[O-])cc1. The summed E-state index contributed by atoms with van der Waals surface area (Å²) in [5.74, 6) is 0. The molecule has 2 aromatic rings. The van der Waals surface area contributed by atoms with Crippen molar-refractivity contribution in [1.29, 1.82) is 5.26 Å². The summed E-state index contributed by atoms with van der Waals surface area (Å²) in [4.78, 5) is 9.79. The summed E-state index contributed by atoms with van der Waals surface area (Å²) >= 11 is 0. The van der Waals surface area contributed by atoms with Crippen molar-refractivity contribution in [2.45, 2.75) is 11.8 Å². The molecule has 0 spiro atoms. The molecule has 7 heteroatoms. The first-order valence-electron chi connectivity index (χ1n) is 6.53. The van der Waals surface area contributed by atoms with Gasteiger partial charge in [0.05, 0.1) is 15.4 Å². The number of benzene rings is 2. The molecule has 23 heavy (non-hydrogen) atoms. The van der Waals surface area contributed by atoms with Crippen molar-refractivity contribution in [3.05, 3.63) is 74.7 Å². The van der Waals surface area contributed by atoms with Gasteiger partial charge in [0.1, 0.15) is 11.0 Å². The van der Waals surface area contributed by atoms with Crippen molar-refractivity contribution in [3.8, 4) is 6.07 Å². The normalized spacial score (nSPS) is 11.7. The van der Waals surface area contributed by atoms with Crippen molar-refractivity contribution in [2.75, 3.05) is 0 Å². The van der Waals surface area contributed by atoms with Crippen molar-refractivity contribution in [1.82, 2.24) is 0 Å². The van der Waals surface area contributed by atoms with Crippen LogP contribution < -0.4 is 0 Å². The van der Waals surface area contributed by atoms with Gasteiger partial charge in [-0.15, -0.1) is 0 Å². The number of sulfone groups is 1. The number of aryl methyl sites for hydroxylation is 1. The molecule has 0 fully saturated rings. The largest absolute Gasteiger partial charge is 0.276 e. The highest BCUT2D eigenvalue weighted by molar-refractivity contribution is 7.95. The van der Waals surface area contributed by atoms with E-state index in [0.29, 0.717) is 0 Å². The number of nitro benzene ring substituents is 1. The fraction of sp³-hybridized carbons (Fsp3) is 0.0625. The zero-order chi connectivity index (χ0) is 17.0. The number of nitro groups is 1. The number of nitrogens with zero attached hydrogens (tertiary/aromatic N) is 2. The van der Waals surface area contributed by atoms with Crippen molar-refractivity contribution in [3.63, 3.8) is 0 Å². The van der Waals surface area contributed by atoms with Crippen LogP contribution in [0, 0.1) is 28.4 Å². The second kappa shape index (κ2) is 6.42. The van der Waals surface area contributed by atoms with E-state index in [9.17, 15) is 23.8 Å². The van der Waals surface area contributed by atoms with E-state index in [-0.39, 0.29) is 16.1 Å². The highest BCUT2D eigenvalue weighted by Crippen LogP contribution is 2.25. The summed E-state index contributed by atoms with van der Waals surface area (Å²) in [6, 6.07) is 13.3. The molecular formula is C16H12N2O4S. The van der Waals surface area contributed by atoms with Crippen LogP contribution in [0.3, 0.4) is 0 Å². The summed E-state index contributed by atoms with van der Waals surface area (Å²) in [6.07, 6.45) is 1.02. The van der Waals surface area contributed by atoms with Crippen LogP contribution in [-0.2, 0) is 9.84 Å².